The number of aromatic nitrogens is 2. The molecule has 1 aromatic rings. The molecular formula is C19H27N3O3. The average molecular weight is 345 g/mol. The highest BCUT2D eigenvalue weighted by Gasteiger charge is 2.47. The van der Waals surface area contributed by atoms with Gasteiger partial charge in [-0.3, -0.25) is 4.79 Å². The van der Waals surface area contributed by atoms with Crippen LogP contribution in [0, 0.1) is 11.3 Å². The third kappa shape index (κ3) is 3.55. The zero-order chi connectivity index (χ0) is 17.1. The molecule has 2 atom stereocenters. The summed E-state index contributed by atoms with van der Waals surface area (Å²) in [4.78, 5) is 22.8. The number of fused-ring (bicyclic) bond motifs is 1. The Labute approximate surface area is 148 Å². The van der Waals surface area contributed by atoms with Crippen molar-refractivity contribution in [2.75, 3.05) is 32.9 Å². The second-order valence-electron chi connectivity index (χ2n) is 7.75. The third-order valence-electron chi connectivity index (χ3n) is 6.04. The van der Waals surface area contributed by atoms with Crippen LogP contribution in [0.3, 0.4) is 0 Å². The lowest BCUT2D eigenvalue weighted by atomic mass is 9.73. The van der Waals surface area contributed by atoms with E-state index in [0.29, 0.717) is 18.8 Å². The molecule has 136 valence electrons. The van der Waals surface area contributed by atoms with Crippen LogP contribution in [-0.4, -0.2) is 59.8 Å². The summed E-state index contributed by atoms with van der Waals surface area (Å²) in [6.07, 6.45) is 10.2. The number of amides is 1. The molecule has 0 unspecified atom stereocenters. The lowest BCUT2D eigenvalue weighted by Crippen LogP contribution is -2.58. The van der Waals surface area contributed by atoms with Gasteiger partial charge in [-0.2, -0.15) is 0 Å². The Kier molecular flexibility index (Phi) is 4.99. The molecule has 6 nitrogen and oxygen atoms in total. The monoisotopic (exact) mass is 345 g/mol. The van der Waals surface area contributed by atoms with Crippen LogP contribution in [0.25, 0.3) is 0 Å². The summed E-state index contributed by atoms with van der Waals surface area (Å²) in [5.74, 6) is 0.728. The second kappa shape index (κ2) is 7.38. The first-order valence-corrected chi connectivity index (χ1v) is 9.51. The van der Waals surface area contributed by atoms with Gasteiger partial charge in [0.25, 0.3) is 5.91 Å². The lowest BCUT2D eigenvalue weighted by Gasteiger charge is -2.50. The molecule has 3 fully saturated rings. The smallest absolute Gasteiger partial charge is 0.272 e. The standard InChI is InChI=1S/C19H27N3O3/c23-18(16-5-8-20-14-21-16)22-9-6-17-19(12-22,7-2-10-25-17)13-24-11-15-3-1-4-15/h5,8,14-15,17H,1-4,6-7,9-13H2/t17-,19+/m0/s1. The van der Waals surface area contributed by atoms with Crippen LogP contribution < -0.4 is 0 Å². The fraction of sp³-hybridized carbons (Fsp3) is 0.737. The van der Waals surface area contributed by atoms with Gasteiger partial charge in [-0.25, -0.2) is 9.97 Å². The predicted octanol–water partition coefficient (Wildman–Crippen LogP) is 2.30. The summed E-state index contributed by atoms with van der Waals surface area (Å²) < 4.78 is 12.2. The molecule has 0 radical (unpaired) electrons. The van der Waals surface area contributed by atoms with Gasteiger partial charge in [-0.05, 0) is 44.1 Å². The first kappa shape index (κ1) is 16.9. The molecular weight excluding hydrogens is 318 g/mol. The van der Waals surface area contributed by atoms with Crippen LogP contribution in [0.2, 0.25) is 0 Å². The van der Waals surface area contributed by atoms with Gasteiger partial charge >= 0.3 is 0 Å². The molecule has 1 aliphatic carbocycles. The van der Waals surface area contributed by atoms with E-state index in [2.05, 4.69) is 9.97 Å². The summed E-state index contributed by atoms with van der Waals surface area (Å²) in [5.41, 5.74) is 0.402. The fourth-order valence-corrected chi connectivity index (χ4v) is 4.34. The highest BCUT2D eigenvalue weighted by atomic mass is 16.5. The minimum atomic E-state index is -0.0665. The van der Waals surface area contributed by atoms with E-state index in [-0.39, 0.29) is 17.4 Å². The van der Waals surface area contributed by atoms with Crippen molar-refractivity contribution in [1.29, 1.82) is 0 Å². The molecule has 4 rings (SSSR count). The van der Waals surface area contributed by atoms with Crippen molar-refractivity contribution in [3.63, 3.8) is 0 Å². The van der Waals surface area contributed by atoms with Crippen molar-refractivity contribution in [3.05, 3.63) is 24.3 Å². The molecule has 0 spiro atoms. The molecule has 1 saturated carbocycles. The van der Waals surface area contributed by atoms with Gasteiger partial charge in [0, 0.05) is 37.9 Å². The lowest BCUT2D eigenvalue weighted by molar-refractivity contribution is -0.150. The SMILES string of the molecule is O=C(c1ccncn1)N1CC[C@@H]2OCCC[C@]2(COCC2CCC2)C1. The van der Waals surface area contributed by atoms with E-state index in [0.717, 1.165) is 44.9 Å². The van der Waals surface area contributed by atoms with E-state index in [1.807, 2.05) is 4.90 Å². The fourth-order valence-electron chi connectivity index (χ4n) is 4.34. The van der Waals surface area contributed by atoms with Crippen LogP contribution in [0.15, 0.2) is 18.6 Å². The summed E-state index contributed by atoms with van der Waals surface area (Å²) in [6.45, 7) is 3.80. The van der Waals surface area contributed by atoms with E-state index in [1.165, 1.54) is 25.6 Å². The summed E-state index contributed by atoms with van der Waals surface area (Å²) in [5, 5.41) is 0. The molecule has 6 heteroatoms. The Morgan fingerprint density at radius 1 is 1.36 bits per heavy atom. The quantitative estimate of drug-likeness (QED) is 0.819. The minimum Gasteiger partial charge on any atom is -0.380 e. The zero-order valence-corrected chi connectivity index (χ0v) is 14.7. The molecule has 3 heterocycles. The summed E-state index contributed by atoms with van der Waals surface area (Å²) >= 11 is 0. The Morgan fingerprint density at radius 3 is 3.04 bits per heavy atom. The van der Waals surface area contributed by atoms with E-state index < -0.39 is 0 Å². The number of piperidine rings is 1. The maximum atomic E-state index is 12.8. The Bertz CT molecular complexity index is 593. The molecule has 0 N–H and O–H groups in total. The number of hydrogen-bond acceptors (Lipinski definition) is 5. The van der Waals surface area contributed by atoms with Gasteiger partial charge in [0.1, 0.15) is 12.0 Å². The van der Waals surface area contributed by atoms with E-state index >= 15 is 0 Å². The normalized spacial score (nSPS) is 29.8. The summed E-state index contributed by atoms with van der Waals surface area (Å²) in [7, 11) is 0. The number of nitrogens with zero attached hydrogens (tertiary/aromatic N) is 3. The third-order valence-corrected chi connectivity index (χ3v) is 6.04. The van der Waals surface area contributed by atoms with Gasteiger partial charge in [-0.15, -0.1) is 0 Å². The molecule has 2 aliphatic heterocycles. The Morgan fingerprint density at radius 2 is 2.28 bits per heavy atom. The van der Waals surface area contributed by atoms with Crippen molar-refractivity contribution in [1.82, 2.24) is 14.9 Å². The number of ether oxygens (including phenoxy) is 2. The van der Waals surface area contributed by atoms with Crippen molar-refractivity contribution >= 4 is 5.91 Å². The van der Waals surface area contributed by atoms with Crippen LogP contribution in [0.4, 0.5) is 0 Å². The largest absolute Gasteiger partial charge is 0.380 e. The first-order valence-electron chi connectivity index (χ1n) is 9.51. The van der Waals surface area contributed by atoms with Crippen LogP contribution in [-0.2, 0) is 9.47 Å². The minimum absolute atomic E-state index is 0.00945. The van der Waals surface area contributed by atoms with Crippen molar-refractivity contribution in [2.24, 2.45) is 11.3 Å². The average Bonchev–Trinajstić information content (AvgIpc) is 2.63. The molecule has 1 amide bonds. The van der Waals surface area contributed by atoms with Gasteiger partial charge in [0.15, 0.2) is 0 Å². The number of carbonyl (C=O) groups excluding carboxylic acids is 1. The highest BCUT2D eigenvalue weighted by Crippen LogP contribution is 2.41. The highest BCUT2D eigenvalue weighted by molar-refractivity contribution is 5.92. The number of carbonyl (C=O) groups is 1. The van der Waals surface area contributed by atoms with Crippen molar-refractivity contribution < 1.29 is 14.3 Å². The van der Waals surface area contributed by atoms with Gasteiger partial charge in [0.2, 0.25) is 0 Å². The van der Waals surface area contributed by atoms with Gasteiger partial charge in [0.05, 0.1) is 12.7 Å². The van der Waals surface area contributed by atoms with Crippen LogP contribution in [0.5, 0.6) is 0 Å². The first-order chi connectivity index (χ1) is 12.3. The van der Waals surface area contributed by atoms with Crippen LogP contribution >= 0.6 is 0 Å². The molecule has 3 aliphatic rings. The van der Waals surface area contributed by atoms with Crippen molar-refractivity contribution in [3.8, 4) is 0 Å². The molecule has 0 aromatic carbocycles. The number of likely N-dealkylation sites (tertiary alicyclic amines) is 1. The van der Waals surface area contributed by atoms with Gasteiger partial charge in [-0.1, -0.05) is 6.42 Å². The Balaban J connectivity index is 1.44. The maximum absolute atomic E-state index is 12.8. The van der Waals surface area contributed by atoms with E-state index in [4.69, 9.17) is 9.47 Å². The molecule has 25 heavy (non-hydrogen) atoms. The van der Waals surface area contributed by atoms with Gasteiger partial charge < -0.3 is 14.4 Å². The molecule has 1 aromatic heterocycles. The predicted molar refractivity (Wildman–Crippen MR) is 92.1 cm³/mol. The van der Waals surface area contributed by atoms with Crippen molar-refractivity contribution in [2.45, 2.75) is 44.6 Å². The summed E-state index contributed by atoms with van der Waals surface area (Å²) in [6, 6.07) is 1.69. The maximum Gasteiger partial charge on any atom is 0.272 e. The number of rotatable bonds is 5. The molecule has 0 bridgehead atoms. The second-order valence-corrected chi connectivity index (χ2v) is 7.75. The van der Waals surface area contributed by atoms with E-state index in [9.17, 15) is 4.79 Å². The molecule has 2 saturated heterocycles. The van der Waals surface area contributed by atoms with Crippen LogP contribution in [0.1, 0.15) is 49.0 Å². The van der Waals surface area contributed by atoms with E-state index in [1.54, 1.807) is 12.3 Å². The zero-order valence-electron chi connectivity index (χ0n) is 14.7. The number of hydrogen-bond donors (Lipinski definition) is 0. The topological polar surface area (TPSA) is 64.6 Å². The Hall–Kier alpha value is -1.53.